The Kier molecular flexibility index (Phi) is 4.64. The minimum Gasteiger partial charge on any atom is -0.341 e. The maximum atomic E-state index is 12.9. The van der Waals surface area contributed by atoms with E-state index < -0.39 is 5.54 Å². The fourth-order valence-electron chi connectivity index (χ4n) is 3.39. The summed E-state index contributed by atoms with van der Waals surface area (Å²) in [6, 6.07) is 4.25. The smallest absolute Gasteiger partial charge is 0.250 e. The summed E-state index contributed by atoms with van der Waals surface area (Å²) >= 11 is 0. The molecule has 0 bridgehead atoms. The molecule has 1 fully saturated rings. The van der Waals surface area contributed by atoms with E-state index in [-0.39, 0.29) is 5.91 Å². The van der Waals surface area contributed by atoms with Gasteiger partial charge < -0.3 is 4.90 Å². The Bertz CT molecular complexity index is 687. The molecule has 0 saturated carbocycles. The number of nitrogens with zero attached hydrogens (tertiary/aromatic N) is 5. The van der Waals surface area contributed by atoms with Crippen molar-refractivity contribution < 1.29 is 4.79 Å². The first-order valence-corrected chi connectivity index (χ1v) is 8.53. The van der Waals surface area contributed by atoms with E-state index in [1.54, 1.807) is 11.0 Å². The van der Waals surface area contributed by atoms with Crippen LogP contribution >= 0.6 is 0 Å². The number of amides is 1. The molecule has 3 rings (SSSR count). The van der Waals surface area contributed by atoms with Crippen molar-refractivity contribution in [2.45, 2.75) is 45.6 Å². The molecule has 24 heavy (non-hydrogen) atoms. The van der Waals surface area contributed by atoms with E-state index in [1.807, 2.05) is 31.9 Å². The number of rotatable bonds is 4. The molecule has 1 amide bonds. The van der Waals surface area contributed by atoms with Crippen LogP contribution in [0.2, 0.25) is 0 Å². The van der Waals surface area contributed by atoms with Gasteiger partial charge in [0.15, 0.2) is 0 Å². The fraction of sp³-hybridized carbons (Fsp3) is 0.556. The van der Waals surface area contributed by atoms with Gasteiger partial charge in [-0.2, -0.15) is 5.10 Å². The molecule has 2 aromatic rings. The molecule has 1 aliphatic heterocycles. The third kappa shape index (κ3) is 3.47. The summed E-state index contributed by atoms with van der Waals surface area (Å²) < 4.78 is 1.64. The highest BCUT2D eigenvalue weighted by atomic mass is 16.2. The van der Waals surface area contributed by atoms with Crippen molar-refractivity contribution in [3.05, 3.63) is 42.2 Å². The molecule has 1 saturated heterocycles. The van der Waals surface area contributed by atoms with E-state index in [4.69, 9.17) is 0 Å². The minimum atomic E-state index is -0.689. The lowest BCUT2D eigenvalue weighted by Crippen LogP contribution is -2.50. The van der Waals surface area contributed by atoms with Gasteiger partial charge in [0.2, 0.25) is 5.91 Å². The van der Waals surface area contributed by atoms with E-state index in [1.165, 1.54) is 11.9 Å². The second-order valence-corrected chi connectivity index (χ2v) is 7.14. The van der Waals surface area contributed by atoms with Gasteiger partial charge in [0.1, 0.15) is 18.2 Å². The van der Waals surface area contributed by atoms with Crippen LogP contribution in [0.15, 0.2) is 31.0 Å². The van der Waals surface area contributed by atoms with E-state index >= 15 is 0 Å². The Morgan fingerprint density at radius 1 is 1.33 bits per heavy atom. The summed E-state index contributed by atoms with van der Waals surface area (Å²) in [5.41, 5.74) is 1.72. The Labute approximate surface area is 142 Å². The summed E-state index contributed by atoms with van der Waals surface area (Å²) in [4.78, 5) is 23.0. The van der Waals surface area contributed by atoms with Crippen molar-refractivity contribution in [3.8, 4) is 0 Å². The van der Waals surface area contributed by atoms with Gasteiger partial charge in [-0.3, -0.25) is 9.78 Å². The third-order valence-corrected chi connectivity index (χ3v) is 4.90. The van der Waals surface area contributed by atoms with Crippen LogP contribution in [0.5, 0.6) is 0 Å². The molecule has 0 aliphatic carbocycles. The number of hydrogen-bond donors (Lipinski definition) is 0. The minimum absolute atomic E-state index is 0.117. The average Bonchev–Trinajstić information content (AvgIpc) is 3.10. The first-order chi connectivity index (χ1) is 11.5. The maximum absolute atomic E-state index is 12.9. The maximum Gasteiger partial charge on any atom is 0.250 e. The topological polar surface area (TPSA) is 63.9 Å². The van der Waals surface area contributed by atoms with Gasteiger partial charge in [0.05, 0.1) is 0 Å². The Morgan fingerprint density at radius 2 is 2.08 bits per heavy atom. The molecule has 1 aliphatic rings. The lowest BCUT2D eigenvalue weighted by atomic mass is 9.89. The number of likely N-dealkylation sites (tertiary alicyclic amines) is 1. The molecule has 0 spiro atoms. The van der Waals surface area contributed by atoms with E-state index in [0.29, 0.717) is 5.92 Å². The second-order valence-electron chi connectivity index (χ2n) is 7.14. The van der Waals surface area contributed by atoms with Crippen molar-refractivity contribution >= 4 is 5.91 Å². The molecule has 2 aromatic heterocycles. The number of piperidine rings is 1. The largest absolute Gasteiger partial charge is 0.341 e. The van der Waals surface area contributed by atoms with Crippen molar-refractivity contribution in [1.82, 2.24) is 24.6 Å². The predicted molar refractivity (Wildman–Crippen MR) is 91.3 cm³/mol. The summed E-state index contributed by atoms with van der Waals surface area (Å²) in [5, 5.41) is 4.13. The van der Waals surface area contributed by atoms with Gasteiger partial charge in [0.25, 0.3) is 0 Å². The summed E-state index contributed by atoms with van der Waals surface area (Å²) in [6.07, 6.45) is 8.11. The molecule has 6 heteroatoms. The van der Waals surface area contributed by atoms with Crippen LogP contribution in [0.3, 0.4) is 0 Å². The third-order valence-electron chi connectivity index (χ3n) is 4.90. The van der Waals surface area contributed by atoms with Crippen LogP contribution in [0.25, 0.3) is 0 Å². The number of carbonyl (C=O) groups is 1. The normalized spacial score (nSPS) is 16.4. The number of carbonyl (C=O) groups excluding carboxylic acids is 1. The number of hydrogen-bond acceptors (Lipinski definition) is 4. The van der Waals surface area contributed by atoms with E-state index in [2.05, 4.69) is 27.2 Å². The van der Waals surface area contributed by atoms with Gasteiger partial charge in [-0.1, -0.05) is 0 Å². The molecule has 0 unspecified atom stereocenters. The summed E-state index contributed by atoms with van der Waals surface area (Å²) in [5.74, 6) is 0.747. The van der Waals surface area contributed by atoms with Gasteiger partial charge in [-0.15, -0.1) is 0 Å². The molecule has 128 valence electrons. The zero-order valence-electron chi connectivity index (χ0n) is 14.6. The summed E-state index contributed by atoms with van der Waals surface area (Å²) in [7, 11) is 0. The SMILES string of the molecule is Cc1cc(CC2CCN(C(=O)C(C)(C)n3cncn3)CC2)ccn1. The first kappa shape index (κ1) is 16.6. The van der Waals surface area contributed by atoms with Gasteiger partial charge in [-0.25, -0.2) is 9.67 Å². The van der Waals surface area contributed by atoms with Crippen LogP contribution in [-0.4, -0.2) is 43.6 Å². The number of aromatic nitrogens is 4. The second kappa shape index (κ2) is 6.71. The summed E-state index contributed by atoms with van der Waals surface area (Å²) in [6.45, 7) is 7.44. The highest BCUT2D eigenvalue weighted by Crippen LogP contribution is 2.25. The Balaban J connectivity index is 1.58. The van der Waals surface area contributed by atoms with Gasteiger partial charge in [0, 0.05) is 25.0 Å². The van der Waals surface area contributed by atoms with Crippen LogP contribution in [-0.2, 0) is 16.8 Å². The molecule has 0 aromatic carbocycles. The lowest BCUT2D eigenvalue weighted by molar-refractivity contribution is -0.141. The van der Waals surface area contributed by atoms with Gasteiger partial charge in [-0.05, 0) is 63.6 Å². The zero-order valence-corrected chi connectivity index (χ0v) is 14.6. The van der Waals surface area contributed by atoms with Crippen LogP contribution in [0.4, 0.5) is 0 Å². The lowest BCUT2D eigenvalue weighted by Gasteiger charge is -2.37. The zero-order chi connectivity index (χ0) is 17.2. The molecule has 0 atom stereocenters. The first-order valence-electron chi connectivity index (χ1n) is 8.53. The average molecular weight is 327 g/mol. The standard InChI is InChI=1S/C18H25N5O/c1-14-10-16(4-7-20-14)11-15-5-8-22(9-6-15)17(24)18(2,3)23-13-19-12-21-23/h4,7,10,12-13,15H,5-6,8-9,11H2,1-3H3. The highest BCUT2D eigenvalue weighted by molar-refractivity contribution is 5.83. The van der Waals surface area contributed by atoms with Crippen LogP contribution in [0, 0.1) is 12.8 Å². The van der Waals surface area contributed by atoms with Gasteiger partial charge >= 0.3 is 0 Å². The molecule has 0 radical (unpaired) electrons. The quantitative estimate of drug-likeness (QED) is 0.863. The Hall–Kier alpha value is -2.24. The number of aryl methyl sites for hydroxylation is 1. The molecule has 3 heterocycles. The molecule has 0 N–H and O–H groups in total. The van der Waals surface area contributed by atoms with E-state index in [9.17, 15) is 4.79 Å². The van der Waals surface area contributed by atoms with Crippen molar-refractivity contribution in [2.75, 3.05) is 13.1 Å². The van der Waals surface area contributed by atoms with Crippen LogP contribution < -0.4 is 0 Å². The molecule has 6 nitrogen and oxygen atoms in total. The fourth-order valence-corrected chi connectivity index (χ4v) is 3.39. The van der Waals surface area contributed by atoms with Crippen molar-refractivity contribution in [3.63, 3.8) is 0 Å². The molecular formula is C18H25N5O. The molecular weight excluding hydrogens is 302 g/mol. The van der Waals surface area contributed by atoms with Crippen molar-refractivity contribution in [2.24, 2.45) is 5.92 Å². The monoisotopic (exact) mass is 327 g/mol. The van der Waals surface area contributed by atoms with Crippen LogP contribution in [0.1, 0.15) is 37.9 Å². The van der Waals surface area contributed by atoms with Crippen molar-refractivity contribution in [1.29, 1.82) is 0 Å². The number of pyridine rings is 1. The predicted octanol–water partition coefficient (Wildman–Crippen LogP) is 2.20. The van der Waals surface area contributed by atoms with E-state index in [0.717, 1.165) is 38.0 Å². The Morgan fingerprint density at radius 3 is 2.71 bits per heavy atom. The highest BCUT2D eigenvalue weighted by Gasteiger charge is 2.36.